The molecule has 2 heterocycles. The molecule has 2 rings (SSSR count). The van der Waals surface area contributed by atoms with E-state index in [0.29, 0.717) is 35.5 Å². The minimum absolute atomic E-state index is 0.0787. The highest BCUT2D eigenvalue weighted by Gasteiger charge is 2.37. The molecule has 1 atom stereocenters. The Labute approximate surface area is 135 Å². The van der Waals surface area contributed by atoms with Crippen molar-refractivity contribution in [2.75, 3.05) is 27.7 Å². The van der Waals surface area contributed by atoms with Crippen LogP contribution in [-0.2, 0) is 9.53 Å². The molecule has 0 radical (unpaired) electrons. The van der Waals surface area contributed by atoms with Gasteiger partial charge >= 0.3 is 5.97 Å². The van der Waals surface area contributed by atoms with Gasteiger partial charge in [-0.15, -0.1) is 0 Å². The molecular formula is C16H23N3O4. The molecule has 7 heteroatoms. The number of carbonyl (C=O) groups excluding carboxylic acids is 3. The van der Waals surface area contributed by atoms with E-state index in [1.807, 2.05) is 0 Å². The first-order valence-corrected chi connectivity index (χ1v) is 7.59. The van der Waals surface area contributed by atoms with Gasteiger partial charge in [-0.25, -0.2) is 4.79 Å². The average molecular weight is 321 g/mol. The van der Waals surface area contributed by atoms with Crippen molar-refractivity contribution in [1.29, 1.82) is 0 Å². The maximum absolute atomic E-state index is 12.9. The number of aromatic amines is 1. The summed E-state index contributed by atoms with van der Waals surface area (Å²) in [5.41, 5.74) is 1.88. The molecule has 1 N–H and O–H groups in total. The van der Waals surface area contributed by atoms with Crippen molar-refractivity contribution in [2.24, 2.45) is 0 Å². The average Bonchev–Trinajstić information content (AvgIpc) is 3.10. The summed E-state index contributed by atoms with van der Waals surface area (Å²) in [5, 5.41) is 0. The molecule has 2 amide bonds. The van der Waals surface area contributed by atoms with Gasteiger partial charge in [-0.3, -0.25) is 9.59 Å². The molecule has 1 aromatic rings. The first-order valence-electron chi connectivity index (χ1n) is 7.59. The highest BCUT2D eigenvalue weighted by atomic mass is 16.5. The summed E-state index contributed by atoms with van der Waals surface area (Å²) in [6.45, 7) is 3.97. The van der Waals surface area contributed by atoms with E-state index in [1.54, 1.807) is 32.8 Å². The van der Waals surface area contributed by atoms with E-state index in [9.17, 15) is 14.4 Å². The third-order valence-corrected chi connectivity index (χ3v) is 4.28. The number of nitrogens with zero attached hydrogens (tertiary/aromatic N) is 2. The van der Waals surface area contributed by atoms with Crippen LogP contribution in [0.25, 0.3) is 0 Å². The summed E-state index contributed by atoms with van der Waals surface area (Å²) in [5.74, 6) is -0.805. The predicted molar refractivity (Wildman–Crippen MR) is 84.4 cm³/mol. The third kappa shape index (κ3) is 2.95. The number of nitrogens with one attached hydrogen (secondary N) is 1. The van der Waals surface area contributed by atoms with Gasteiger partial charge in [0.15, 0.2) is 0 Å². The predicted octanol–water partition coefficient (Wildman–Crippen LogP) is 1.11. The van der Waals surface area contributed by atoms with E-state index in [4.69, 9.17) is 4.74 Å². The first kappa shape index (κ1) is 17.1. The van der Waals surface area contributed by atoms with Crippen LogP contribution in [0, 0.1) is 13.8 Å². The lowest BCUT2D eigenvalue weighted by molar-refractivity contribution is -0.132. The minimum Gasteiger partial charge on any atom is -0.465 e. The zero-order valence-electron chi connectivity index (χ0n) is 14.2. The van der Waals surface area contributed by atoms with Crippen LogP contribution in [0.3, 0.4) is 0 Å². The number of hydrogen-bond acceptors (Lipinski definition) is 4. The van der Waals surface area contributed by atoms with Gasteiger partial charge in [0.25, 0.3) is 5.91 Å². The van der Waals surface area contributed by atoms with Crippen LogP contribution in [0.4, 0.5) is 0 Å². The van der Waals surface area contributed by atoms with Crippen molar-refractivity contribution in [2.45, 2.75) is 32.7 Å². The van der Waals surface area contributed by atoms with Crippen LogP contribution in [-0.4, -0.2) is 66.4 Å². The van der Waals surface area contributed by atoms with Crippen molar-refractivity contribution in [3.63, 3.8) is 0 Å². The van der Waals surface area contributed by atoms with E-state index in [0.717, 1.165) is 6.42 Å². The Balaban J connectivity index is 2.34. The van der Waals surface area contributed by atoms with Crippen LogP contribution in [0.5, 0.6) is 0 Å². The Morgan fingerprint density at radius 1 is 1.26 bits per heavy atom. The Morgan fingerprint density at radius 3 is 2.48 bits per heavy atom. The molecule has 7 nitrogen and oxygen atoms in total. The lowest BCUT2D eigenvalue weighted by atomic mass is 10.1. The summed E-state index contributed by atoms with van der Waals surface area (Å²) in [4.78, 5) is 43.0. The topological polar surface area (TPSA) is 82.7 Å². The van der Waals surface area contributed by atoms with E-state index >= 15 is 0 Å². The van der Waals surface area contributed by atoms with Crippen LogP contribution in [0.1, 0.15) is 44.9 Å². The van der Waals surface area contributed by atoms with Gasteiger partial charge in [0.2, 0.25) is 5.91 Å². The molecule has 1 fully saturated rings. The largest absolute Gasteiger partial charge is 0.465 e. The second-order valence-corrected chi connectivity index (χ2v) is 6.01. The summed E-state index contributed by atoms with van der Waals surface area (Å²) in [6.07, 6.45) is 1.45. The normalized spacial score (nSPS) is 17.3. The maximum Gasteiger partial charge on any atom is 0.339 e. The molecule has 0 aliphatic carbocycles. The number of rotatable bonds is 3. The lowest BCUT2D eigenvalue weighted by Gasteiger charge is -2.26. The van der Waals surface area contributed by atoms with Crippen molar-refractivity contribution in [1.82, 2.24) is 14.8 Å². The first-order chi connectivity index (χ1) is 10.8. The molecule has 1 aromatic heterocycles. The van der Waals surface area contributed by atoms with E-state index in [1.165, 1.54) is 12.0 Å². The number of aryl methyl sites for hydroxylation is 1. The molecule has 1 aliphatic heterocycles. The van der Waals surface area contributed by atoms with Gasteiger partial charge in [0.1, 0.15) is 11.7 Å². The standard InChI is InChI=1S/C16H23N3O4/c1-9-12(16(22)23-5)10(2)17-13(9)15(21)19-8-6-7-11(19)14(20)18(3)4/h11,17H,6-8H2,1-5H3. The van der Waals surface area contributed by atoms with Gasteiger partial charge in [-0.2, -0.15) is 0 Å². The number of hydrogen-bond donors (Lipinski definition) is 1. The molecule has 1 aliphatic rings. The second kappa shape index (κ2) is 6.44. The highest BCUT2D eigenvalue weighted by Crippen LogP contribution is 2.25. The maximum atomic E-state index is 12.9. The Hall–Kier alpha value is -2.31. The molecule has 0 spiro atoms. The van der Waals surface area contributed by atoms with Crippen molar-refractivity contribution < 1.29 is 19.1 Å². The van der Waals surface area contributed by atoms with E-state index in [2.05, 4.69) is 4.98 Å². The van der Waals surface area contributed by atoms with Crippen LogP contribution in [0.2, 0.25) is 0 Å². The number of likely N-dealkylation sites (tertiary alicyclic amines) is 1. The molecule has 0 aromatic carbocycles. The number of esters is 1. The van der Waals surface area contributed by atoms with Crippen molar-refractivity contribution in [3.05, 3.63) is 22.5 Å². The third-order valence-electron chi connectivity index (χ3n) is 4.28. The number of ether oxygens (including phenoxy) is 1. The van der Waals surface area contributed by atoms with Gasteiger partial charge in [-0.1, -0.05) is 0 Å². The van der Waals surface area contributed by atoms with Crippen LogP contribution < -0.4 is 0 Å². The number of carbonyl (C=O) groups is 3. The van der Waals surface area contributed by atoms with Crippen molar-refractivity contribution >= 4 is 17.8 Å². The van der Waals surface area contributed by atoms with E-state index in [-0.39, 0.29) is 11.8 Å². The van der Waals surface area contributed by atoms with E-state index < -0.39 is 12.0 Å². The molecule has 126 valence electrons. The molecular weight excluding hydrogens is 298 g/mol. The van der Waals surface area contributed by atoms with Gasteiger partial charge in [0, 0.05) is 26.3 Å². The number of amides is 2. The Morgan fingerprint density at radius 2 is 1.91 bits per heavy atom. The SMILES string of the molecule is COC(=O)c1c(C)[nH]c(C(=O)N2CCCC2C(=O)N(C)C)c1C. The highest BCUT2D eigenvalue weighted by molar-refractivity contribution is 6.02. The van der Waals surface area contributed by atoms with Gasteiger partial charge in [0.05, 0.1) is 12.7 Å². The number of methoxy groups -OCH3 is 1. The smallest absolute Gasteiger partial charge is 0.339 e. The fraction of sp³-hybridized carbons (Fsp3) is 0.562. The van der Waals surface area contributed by atoms with Crippen LogP contribution in [0.15, 0.2) is 0 Å². The monoisotopic (exact) mass is 321 g/mol. The Kier molecular flexibility index (Phi) is 4.77. The van der Waals surface area contributed by atoms with Crippen molar-refractivity contribution in [3.8, 4) is 0 Å². The summed E-state index contributed by atoms with van der Waals surface area (Å²) in [6, 6.07) is -0.443. The minimum atomic E-state index is -0.474. The summed E-state index contributed by atoms with van der Waals surface area (Å²) < 4.78 is 4.76. The number of H-pyrrole nitrogens is 1. The zero-order chi connectivity index (χ0) is 17.3. The van der Waals surface area contributed by atoms with Crippen LogP contribution >= 0.6 is 0 Å². The summed E-state index contributed by atoms with van der Waals surface area (Å²) >= 11 is 0. The lowest BCUT2D eigenvalue weighted by Crippen LogP contribution is -2.45. The fourth-order valence-corrected chi connectivity index (χ4v) is 3.08. The quantitative estimate of drug-likeness (QED) is 0.846. The number of likely N-dealkylation sites (N-methyl/N-ethyl adjacent to an activating group) is 1. The molecule has 1 unspecified atom stereocenters. The molecule has 0 bridgehead atoms. The van der Waals surface area contributed by atoms with Gasteiger partial charge in [-0.05, 0) is 32.3 Å². The zero-order valence-corrected chi connectivity index (χ0v) is 14.2. The molecule has 0 saturated carbocycles. The summed E-state index contributed by atoms with van der Waals surface area (Å²) in [7, 11) is 4.67. The van der Waals surface area contributed by atoms with Gasteiger partial charge < -0.3 is 19.5 Å². The number of aromatic nitrogens is 1. The Bertz CT molecular complexity index is 648. The second-order valence-electron chi connectivity index (χ2n) is 6.01. The molecule has 23 heavy (non-hydrogen) atoms. The molecule has 1 saturated heterocycles. The fourth-order valence-electron chi connectivity index (χ4n) is 3.08.